The lowest BCUT2D eigenvalue weighted by Crippen LogP contribution is -2.29. The van der Waals surface area contributed by atoms with E-state index in [9.17, 15) is 14.0 Å². The van der Waals surface area contributed by atoms with Gasteiger partial charge in [-0.05, 0) is 18.2 Å². The molecule has 0 saturated heterocycles. The van der Waals surface area contributed by atoms with Crippen molar-refractivity contribution in [2.24, 2.45) is 0 Å². The van der Waals surface area contributed by atoms with E-state index in [0.29, 0.717) is 0 Å². The van der Waals surface area contributed by atoms with Crippen LogP contribution in [0.1, 0.15) is 31.8 Å². The average molecular weight is 281 g/mol. The summed E-state index contributed by atoms with van der Waals surface area (Å²) in [7, 11) is 0. The first-order valence-corrected chi connectivity index (χ1v) is 6.10. The second kappa shape index (κ2) is 4.80. The molecule has 5 nitrogen and oxygen atoms in total. The molecule has 0 unspecified atom stereocenters. The molecule has 0 atom stereocenters. The van der Waals surface area contributed by atoms with Crippen molar-refractivity contribution in [3.05, 3.63) is 64.7 Å². The van der Waals surface area contributed by atoms with Gasteiger partial charge in [-0.15, -0.1) is 0 Å². The molecule has 0 saturated carbocycles. The van der Waals surface area contributed by atoms with Crippen LogP contribution in [0.15, 0.2) is 36.7 Å². The zero-order valence-corrected chi connectivity index (χ0v) is 10.7. The first kappa shape index (κ1) is 12.9. The van der Waals surface area contributed by atoms with E-state index in [1.165, 1.54) is 30.6 Å². The van der Waals surface area contributed by atoms with E-state index in [0.717, 1.165) is 11.0 Å². The molecule has 2 aromatic rings. The summed E-state index contributed by atoms with van der Waals surface area (Å²) in [5.41, 5.74) is 0.847. The fourth-order valence-electron chi connectivity index (χ4n) is 2.19. The monoisotopic (exact) mass is 281 g/mol. The lowest BCUT2D eigenvalue weighted by atomic mass is 10.1. The molecule has 2 heterocycles. The number of rotatable bonds is 2. The van der Waals surface area contributed by atoms with E-state index >= 15 is 0 Å². The molecular weight excluding hydrogens is 273 g/mol. The number of hydrogen-bond donors (Lipinski definition) is 0. The van der Waals surface area contributed by atoms with Crippen LogP contribution in [-0.4, -0.2) is 21.7 Å². The summed E-state index contributed by atoms with van der Waals surface area (Å²) in [5, 5.41) is 8.70. The van der Waals surface area contributed by atoms with Crippen molar-refractivity contribution >= 4 is 11.8 Å². The Labute approximate surface area is 119 Å². The Morgan fingerprint density at radius 1 is 1.19 bits per heavy atom. The molecule has 0 spiro atoms. The third-order valence-corrected chi connectivity index (χ3v) is 3.28. The highest BCUT2D eigenvalue weighted by Crippen LogP contribution is 2.24. The largest absolute Gasteiger partial charge is 0.270 e. The average Bonchev–Trinajstić information content (AvgIpc) is 2.74. The maximum Gasteiger partial charge on any atom is 0.263 e. The Kier molecular flexibility index (Phi) is 2.95. The molecule has 2 amide bonds. The van der Waals surface area contributed by atoms with Crippen LogP contribution in [0.2, 0.25) is 0 Å². The van der Waals surface area contributed by atoms with Crippen LogP contribution in [0, 0.1) is 17.1 Å². The van der Waals surface area contributed by atoms with E-state index in [1.54, 1.807) is 0 Å². The zero-order chi connectivity index (χ0) is 15.0. The van der Waals surface area contributed by atoms with Gasteiger partial charge in [-0.25, -0.2) is 4.39 Å². The first-order valence-electron chi connectivity index (χ1n) is 6.10. The summed E-state index contributed by atoms with van der Waals surface area (Å²) in [6.07, 6.45) is 2.75. The second-order valence-corrected chi connectivity index (χ2v) is 4.54. The summed E-state index contributed by atoms with van der Waals surface area (Å²) in [6, 6.07) is 7.21. The molecule has 1 aliphatic heterocycles. The van der Waals surface area contributed by atoms with Crippen molar-refractivity contribution < 1.29 is 14.0 Å². The van der Waals surface area contributed by atoms with Gasteiger partial charge in [-0.1, -0.05) is 6.07 Å². The van der Waals surface area contributed by atoms with E-state index in [1.807, 2.05) is 6.07 Å². The van der Waals surface area contributed by atoms with Gasteiger partial charge in [0.05, 0.1) is 29.3 Å². The fourth-order valence-corrected chi connectivity index (χ4v) is 2.19. The number of amides is 2. The SMILES string of the molecule is N#Cc1ccc(CN2C(=O)c3ccncc3C2=O)c(F)c1. The van der Waals surface area contributed by atoms with Crippen molar-refractivity contribution in [1.29, 1.82) is 5.26 Å². The number of nitriles is 1. The molecule has 0 radical (unpaired) electrons. The Bertz CT molecular complexity index is 776. The van der Waals surface area contributed by atoms with Crippen LogP contribution in [0.3, 0.4) is 0 Å². The molecule has 0 N–H and O–H groups in total. The molecule has 21 heavy (non-hydrogen) atoms. The van der Waals surface area contributed by atoms with E-state index in [2.05, 4.69) is 4.98 Å². The second-order valence-electron chi connectivity index (χ2n) is 4.54. The van der Waals surface area contributed by atoms with Crippen LogP contribution < -0.4 is 0 Å². The van der Waals surface area contributed by atoms with Gasteiger partial charge in [0.2, 0.25) is 0 Å². The molecule has 1 aromatic carbocycles. The maximum absolute atomic E-state index is 13.9. The number of nitrogens with zero attached hydrogens (tertiary/aromatic N) is 3. The number of fused-ring (bicyclic) bond motifs is 1. The van der Waals surface area contributed by atoms with Gasteiger partial charge >= 0.3 is 0 Å². The number of halogens is 1. The van der Waals surface area contributed by atoms with Gasteiger partial charge < -0.3 is 0 Å². The molecule has 1 aliphatic rings. The molecule has 102 valence electrons. The highest BCUT2D eigenvalue weighted by Gasteiger charge is 2.35. The van der Waals surface area contributed by atoms with E-state index in [-0.39, 0.29) is 28.8 Å². The molecular formula is C15H8FN3O2. The fraction of sp³-hybridized carbons (Fsp3) is 0.0667. The molecule has 6 heteroatoms. The third kappa shape index (κ3) is 2.05. The number of benzene rings is 1. The first-order chi connectivity index (χ1) is 10.1. The van der Waals surface area contributed by atoms with Crippen molar-refractivity contribution in [2.45, 2.75) is 6.54 Å². The van der Waals surface area contributed by atoms with Gasteiger partial charge in [0.15, 0.2) is 0 Å². The number of pyridine rings is 1. The number of aromatic nitrogens is 1. The van der Waals surface area contributed by atoms with Crippen LogP contribution >= 0.6 is 0 Å². The number of carbonyl (C=O) groups excluding carboxylic acids is 2. The topological polar surface area (TPSA) is 74.1 Å². The van der Waals surface area contributed by atoms with Gasteiger partial charge in [0, 0.05) is 18.0 Å². The number of hydrogen-bond acceptors (Lipinski definition) is 4. The van der Waals surface area contributed by atoms with Crippen LogP contribution in [0.5, 0.6) is 0 Å². The molecule has 0 fully saturated rings. The summed E-state index contributed by atoms with van der Waals surface area (Å²) < 4.78 is 13.9. The van der Waals surface area contributed by atoms with Crippen LogP contribution in [0.4, 0.5) is 4.39 Å². The Balaban J connectivity index is 1.93. The highest BCUT2D eigenvalue weighted by molar-refractivity contribution is 6.21. The summed E-state index contributed by atoms with van der Waals surface area (Å²) in [5.74, 6) is -1.59. The van der Waals surface area contributed by atoms with E-state index < -0.39 is 17.6 Å². The normalized spacial score (nSPS) is 13.2. The molecule has 0 aliphatic carbocycles. The lowest BCUT2D eigenvalue weighted by molar-refractivity contribution is 0.0641. The standard InChI is InChI=1S/C15H8FN3O2/c16-13-5-9(6-17)1-2-10(13)8-19-14(20)11-3-4-18-7-12(11)15(19)21/h1-5,7H,8H2. The lowest BCUT2D eigenvalue weighted by Gasteiger charge is -2.14. The Hall–Kier alpha value is -3.07. The number of carbonyl (C=O) groups is 2. The number of imide groups is 1. The summed E-state index contributed by atoms with van der Waals surface area (Å²) in [6.45, 7) is -0.177. The third-order valence-electron chi connectivity index (χ3n) is 3.28. The van der Waals surface area contributed by atoms with Crippen molar-refractivity contribution in [2.75, 3.05) is 0 Å². The maximum atomic E-state index is 13.9. The smallest absolute Gasteiger partial charge is 0.263 e. The van der Waals surface area contributed by atoms with Crippen molar-refractivity contribution in [1.82, 2.24) is 9.88 Å². The predicted octanol–water partition coefficient (Wildman–Crippen LogP) is 1.89. The summed E-state index contributed by atoms with van der Waals surface area (Å²) in [4.78, 5) is 29.1. The van der Waals surface area contributed by atoms with Gasteiger partial charge in [-0.2, -0.15) is 5.26 Å². The van der Waals surface area contributed by atoms with E-state index in [4.69, 9.17) is 5.26 Å². The predicted molar refractivity (Wildman–Crippen MR) is 69.6 cm³/mol. The minimum atomic E-state index is -0.622. The zero-order valence-electron chi connectivity index (χ0n) is 10.7. The van der Waals surface area contributed by atoms with Crippen molar-refractivity contribution in [3.8, 4) is 6.07 Å². The van der Waals surface area contributed by atoms with Gasteiger partial charge in [-0.3, -0.25) is 19.5 Å². The van der Waals surface area contributed by atoms with Gasteiger partial charge in [0.25, 0.3) is 11.8 Å². The highest BCUT2D eigenvalue weighted by atomic mass is 19.1. The summed E-state index contributed by atoms with van der Waals surface area (Å²) >= 11 is 0. The van der Waals surface area contributed by atoms with Crippen LogP contribution in [-0.2, 0) is 6.54 Å². The van der Waals surface area contributed by atoms with Crippen molar-refractivity contribution in [3.63, 3.8) is 0 Å². The Morgan fingerprint density at radius 3 is 2.62 bits per heavy atom. The Morgan fingerprint density at radius 2 is 1.95 bits per heavy atom. The molecule has 0 bridgehead atoms. The minimum Gasteiger partial charge on any atom is -0.270 e. The van der Waals surface area contributed by atoms with Crippen LogP contribution in [0.25, 0.3) is 0 Å². The molecule has 1 aromatic heterocycles. The minimum absolute atomic E-state index is 0.177. The quantitative estimate of drug-likeness (QED) is 0.788. The molecule has 3 rings (SSSR count). The van der Waals surface area contributed by atoms with Gasteiger partial charge in [0.1, 0.15) is 5.82 Å².